The highest BCUT2D eigenvalue weighted by molar-refractivity contribution is 5.63. The van der Waals surface area contributed by atoms with Crippen LogP contribution in [0.3, 0.4) is 0 Å². The van der Waals surface area contributed by atoms with Crippen molar-refractivity contribution in [2.45, 2.75) is 38.1 Å². The van der Waals surface area contributed by atoms with E-state index in [1.165, 1.54) is 6.26 Å². The lowest BCUT2D eigenvalue weighted by Crippen LogP contribution is -2.41. The largest absolute Gasteiger partial charge is 0.509 e. The highest BCUT2D eigenvalue weighted by atomic mass is 16.8. The van der Waals surface area contributed by atoms with E-state index in [-0.39, 0.29) is 18.3 Å². The van der Waals surface area contributed by atoms with E-state index in [9.17, 15) is 4.79 Å². The maximum Gasteiger partial charge on any atom is 0.509 e. The second-order valence-corrected chi connectivity index (χ2v) is 3.85. The first-order valence-electron chi connectivity index (χ1n) is 5.58. The summed E-state index contributed by atoms with van der Waals surface area (Å²) < 4.78 is 20.8. The van der Waals surface area contributed by atoms with Crippen molar-refractivity contribution in [1.29, 1.82) is 0 Å². The normalized spacial score (nSPS) is 31.6. The van der Waals surface area contributed by atoms with Crippen LogP contribution in [0.5, 0.6) is 0 Å². The summed E-state index contributed by atoms with van der Waals surface area (Å²) in [7, 11) is 0. The molecule has 16 heavy (non-hydrogen) atoms. The van der Waals surface area contributed by atoms with Gasteiger partial charge >= 0.3 is 6.16 Å². The van der Waals surface area contributed by atoms with E-state index in [2.05, 4.69) is 6.92 Å². The molecule has 2 aliphatic heterocycles. The summed E-state index contributed by atoms with van der Waals surface area (Å²) in [5, 5.41) is 0. The molecule has 3 atom stereocenters. The number of rotatable bonds is 5. The molecule has 5 nitrogen and oxygen atoms in total. The third-order valence-electron chi connectivity index (χ3n) is 2.60. The summed E-state index contributed by atoms with van der Waals surface area (Å²) in [4.78, 5) is 11.0. The summed E-state index contributed by atoms with van der Waals surface area (Å²) in [6.07, 6.45) is 3.72. The predicted molar refractivity (Wildman–Crippen MR) is 54.9 cm³/mol. The van der Waals surface area contributed by atoms with Crippen LogP contribution in [-0.4, -0.2) is 37.7 Å². The van der Waals surface area contributed by atoms with Crippen LogP contribution in [0.4, 0.5) is 4.79 Å². The van der Waals surface area contributed by atoms with E-state index in [0.717, 1.165) is 12.8 Å². The van der Waals surface area contributed by atoms with Gasteiger partial charge in [-0.05, 0) is 12.5 Å². The maximum atomic E-state index is 11.0. The molecule has 0 spiro atoms. The second kappa shape index (κ2) is 5.21. The molecule has 1 saturated heterocycles. The van der Waals surface area contributed by atoms with Crippen molar-refractivity contribution < 1.29 is 23.7 Å². The molecule has 0 radical (unpaired) electrons. The molecule has 0 amide bonds. The predicted octanol–water partition coefficient (Wildman–Crippen LogP) is 1.62. The fourth-order valence-corrected chi connectivity index (χ4v) is 1.70. The lowest BCUT2D eigenvalue weighted by molar-refractivity contribution is -0.0518. The van der Waals surface area contributed by atoms with Gasteiger partial charge in [-0.2, -0.15) is 0 Å². The Balaban J connectivity index is 1.81. The Labute approximate surface area is 94.3 Å². The molecule has 0 aromatic heterocycles. The molecule has 0 saturated carbocycles. The van der Waals surface area contributed by atoms with E-state index >= 15 is 0 Å². The average Bonchev–Trinajstić information content (AvgIpc) is 2.65. The van der Waals surface area contributed by atoms with Gasteiger partial charge in [-0.1, -0.05) is 13.3 Å². The van der Waals surface area contributed by atoms with Gasteiger partial charge < -0.3 is 18.9 Å². The molecule has 0 bridgehead atoms. The number of hydrogen-bond acceptors (Lipinski definition) is 5. The van der Waals surface area contributed by atoms with Crippen LogP contribution in [0, 0.1) is 0 Å². The number of carbonyl (C=O) groups excluding carboxylic acids is 1. The fraction of sp³-hybridized carbons (Fsp3) is 0.727. The van der Waals surface area contributed by atoms with Crippen molar-refractivity contribution in [1.82, 2.24) is 0 Å². The van der Waals surface area contributed by atoms with Crippen molar-refractivity contribution in [3.05, 3.63) is 12.3 Å². The molecule has 2 aliphatic rings. The van der Waals surface area contributed by atoms with E-state index in [4.69, 9.17) is 18.9 Å². The molecule has 0 aromatic carbocycles. The van der Waals surface area contributed by atoms with Crippen LogP contribution >= 0.6 is 0 Å². The zero-order valence-electron chi connectivity index (χ0n) is 9.26. The fourth-order valence-electron chi connectivity index (χ4n) is 1.70. The topological polar surface area (TPSA) is 54.0 Å². The van der Waals surface area contributed by atoms with Gasteiger partial charge in [-0.15, -0.1) is 0 Å². The second-order valence-electron chi connectivity index (χ2n) is 3.85. The Hall–Kier alpha value is -1.23. The Bertz CT molecular complexity index is 276. The van der Waals surface area contributed by atoms with Gasteiger partial charge in [0.1, 0.15) is 0 Å². The Kier molecular flexibility index (Phi) is 3.66. The Morgan fingerprint density at radius 1 is 1.44 bits per heavy atom. The summed E-state index contributed by atoms with van der Waals surface area (Å²) in [6.45, 7) is 3.22. The first kappa shape index (κ1) is 11.3. The molecule has 90 valence electrons. The number of carbonyl (C=O) groups is 1. The average molecular weight is 228 g/mol. The first-order valence-corrected chi connectivity index (χ1v) is 5.58. The van der Waals surface area contributed by atoms with Crippen LogP contribution in [0.15, 0.2) is 12.3 Å². The van der Waals surface area contributed by atoms with Crippen molar-refractivity contribution in [2.24, 2.45) is 0 Å². The summed E-state index contributed by atoms with van der Waals surface area (Å²) in [5.74, 6) is 0. The molecule has 2 rings (SSSR count). The van der Waals surface area contributed by atoms with Gasteiger partial charge in [0.2, 0.25) is 0 Å². The summed E-state index contributed by atoms with van der Waals surface area (Å²) in [6, 6.07) is 0. The minimum Gasteiger partial charge on any atom is -0.492 e. The molecule has 1 fully saturated rings. The third kappa shape index (κ3) is 2.47. The third-order valence-corrected chi connectivity index (χ3v) is 2.60. The Morgan fingerprint density at radius 2 is 2.31 bits per heavy atom. The molecule has 2 heterocycles. The number of ether oxygens (including phenoxy) is 4. The Morgan fingerprint density at radius 3 is 3.12 bits per heavy atom. The molecule has 0 N–H and O–H groups in total. The van der Waals surface area contributed by atoms with E-state index < -0.39 is 6.16 Å². The van der Waals surface area contributed by atoms with Gasteiger partial charge in [0.25, 0.3) is 0 Å². The molecular weight excluding hydrogens is 212 g/mol. The van der Waals surface area contributed by atoms with Crippen LogP contribution in [-0.2, 0) is 18.9 Å². The van der Waals surface area contributed by atoms with E-state index in [0.29, 0.717) is 13.2 Å². The smallest absolute Gasteiger partial charge is 0.492 e. The van der Waals surface area contributed by atoms with Gasteiger partial charge in [0, 0.05) is 6.61 Å². The van der Waals surface area contributed by atoms with Crippen LogP contribution in [0.25, 0.3) is 0 Å². The number of hydrogen-bond donors (Lipinski definition) is 0. The standard InChI is InChI=1S/C11H16O5/c1-2-3-5-13-7-9-10-8(4-6-14-9)15-11(12)16-10/h4,6,8-10H,2-3,5,7H2,1H3/t8-,9?,10?/m1/s1. The minimum atomic E-state index is -0.635. The van der Waals surface area contributed by atoms with Gasteiger partial charge in [-0.3, -0.25) is 0 Å². The zero-order chi connectivity index (χ0) is 11.4. The summed E-state index contributed by atoms with van der Waals surface area (Å²) in [5.41, 5.74) is 0. The van der Waals surface area contributed by atoms with Crippen LogP contribution in [0.2, 0.25) is 0 Å². The minimum absolute atomic E-state index is 0.265. The van der Waals surface area contributed by atoms with Crippen LogP contribution < -0.4 is 0 Å². The number of unbranched alkanes of at least 4 members (excludes halogenated alkanes) is 1. The van der Waals surface area contributed by atoms with E-state index in [1.807, 2.05) is 0 Å². The SMILES string of the molecule is CCCCOCC1OC=C[C@H]2OC(=O)OC12. The van der Waals surface area contributed by atoms with Crippen molar-refractivity contribution in [2.75, 3.05) is 13.2 Å². The van der Waals surface area contributed by atoms with E-state index in [1.54, 1.807) is 6.08 Å². The van der Waals surface area contributed by atoms with Crippen molar-refractivity contribution >= 4 is 6.16 Å². The molecule has 2 unspecified atom stereocenters. The number of fused-ring (bicyclic) bond motifs is 1. The highest BCUT2D eigenvalue weighted by Gasteiger charge is 2.43. The quantitative estimate of drug-likeness (QED) is 0.528. The molecule has 5 heteroatoms. The highest BCUT2D eigenvalue weighted by Crippen LogP contribution is 2.25. The van der Waals surface area contributed by atoms with Gasteiger partial charge in [0.05, 0.1) is 12.9 Å². The zero-order valence-corrected chi connectivity index (χ0v) is 9.26. The van der Waals surface area contributed by atoms with Crippen molar-refractivity contribution in [3.63, 3.8) is 0 Å². The monoisotopic (exact) mass is 228 g/mol. The maximum absolute atomic E-state index is 11.0. The molecule has 0 aromatic rings. The summed E-state index contributed by atoms with van der Waals surface area (Å²) >= 11 is 0. The molecular formula is C11H16O5. The van der Waals surface area contributed by atoms with Crippen LogP contribution in [0.1, 0.15) is 19.8 Å². The molecule has 0 aliphatic carbocycles. The van der Waals surface area contributed by atoms with Crippen molar-refractivity contribution in [3.8, 4) is 0 Å². The lowest BCUT2D eigenvalue weighted by Gasteiger charge is -2.26. The van der Waals surface area contributed by atoms with Gasteiger partial charge in [0.15, 0.2) is 18.3 Å². The van der Waals surface area contributed by atoms with Gasteiger partial charge in [-0.25, -0.2) is 4.79 Å². The lowest BCUT2D eigenvalue weighted by atomic mass is 10.1. The first-order chi connectivity index (χ1) is 7.81.